The highest BCUT2D eigenvalue weighted by Gasteiger charge is 2.23. The van der Waals surface area contributed by atoms with Crippen molar-refractivity contribution >= 4 is 11.6 Å². The number of nitrogens with one attached hydrogen (secondary N) is 2. The third-order valence-corrected chi connectivity index (χ3v) is 3.13. The molecule has 7 heteroatoms. The molecule has 0 heterocycles. The average molecular weight is 293 g/mol. The quantitative estimate of drug-likeness (QED) is 0.557. The van der Waals surface area contributed by atoms with E-state index in [2.05, 4.69) is 10.6 Å². The Morgan fingerprint density at radius 3 is 2.86 bits per heavy atom. The number of nitrogens with zero attached hydrogens (tertiary/aromatic N) is 1. The number of benzene rings is 1. The van der Waals surface area contributed by atoms with Gasteiger partial charge in [0, 0.05) is 18.7 Å². The number of hydrogen-bond acceptors (Lipinski definition) is 5. The molecule has 0 unspecified atom stereocenters. The number of nitro groups is 1. The summed E-state index contributed by atoms with van der Waals surface area (Å²) in [5, 5.41) is 16.8. The topological polar surface area (TPSA) is 93.5 Å². The number of amides is 1. The molecule has 21 heavy (non-hydrogen) atoms. The first kappa shape index (κ1) is 15.2. The van der Waals surface area contributed by atoms with Crippen molar-refractivity contribution in [1.29, 1.82) is 0 Å². The molecule has 114 valence electrons. The van der Waals surface area contributed by atoms with E-state index in [1.165, 1.54) is 6.07 Å². The van der Waals surface area contributed by atoms with Gasteiger partial charge < -0.3 is 15.4 Å². The van der Waals surface area contributed by atoms with Crippen LogP contribution in [0.15, 0.2) is 18.2 Å². The fourth-order valence-electron chi connectivity index (χ4n) is 1.92. The van der Waals surface area contributed by atoms with Crippen molar-refractivity contribution in [2.45, 2.75) is 31.8 Å². The molecule has 1 aliphatic rings. The van der Waals surface area contributed by atoms with Crippen LogP contribution < -0.4 is 15.4 Å². The SMILES string of the molecule is CNCc1ccc([N+](=O)[O-])c(OCCC(=O)NC2CC2)c1. The van der Waals surface area contributed by atoms with E-state index in [9.17, 15) is 14.9 Å². The van der Waals surface area contributed by atoms with E-state index in [1.807, 2.05) is 0 Å². The summed E-state index contributed by atoms with van der Waals surface area (Å²) in [5.41, 5.74) is 0.804. The lowest BCUT2D eigenvalue weighted by Gasteiger charge is -2.09. The molecule has 1 aromatic carbocycles. The van der Waals surface area contributed by atoms with Gasteiger partial charge in [-0.15, -0.1) is 0 Å². The Morgan fingerprint density at radius 1 is 1.48 bits per heavy atom. The summed E-state index contributed by atoms with van der Waals surface area (Å²) in [6, 6.07) is 5.05. The van der Waals surface area contributed by atoms with Crippen LogP contribution in [0.25, 0.3) is 0 Å². The Labute approximate surface area is 122 Å². The molecule has 0 radical (unpaired) electrons. The summed E-state index contributed by atoms with van der Waals surface area (Å²) in [6.07, 6.45) is 2.26. The van der Waals surface area contributed by atoms with E-state index in [4.69, 9.17) is 4.74 Å². The van der Waals surface area contributed by atoms with Crippen LogP contribution in [-0.4, -0.2) is 30.5 Å². The van der Waals surface area contributed by atoms with Gasteiger partial charge >= 0.3 is 5.69 Å². The molecule has 0 saturated heterocycles. The predicted molar refractivity (Wildman–Crippen MR) is 77.1 cm³/mol. The molecular weight excluding hydrogens is 274 g/mol. The first-order valence-electron chi connectivity index (χ1n) is 6.94. The van der Waals surface area contributed by atoms with Gasteiger partial charge in [0.1, 0.15) is 0 Å². The van der Waals surface area contributed by atoms with Gasteiger partial charge in [0.05, 0.1) is 18.0 Å². The molecule has 1 aliphatic carbocycles. The molecule has 1 amide bonds. The maximum atomic E-state index is 11.5. The molecule has 1 saturated carbocycles. The third kappa shape index (κ3) is 4.71. The monoisotopic (exact) mass is 293 g/mol. The summed E-state index contributed by atoms with van der Waals surface area (Å²) in [7, 11) is 1.80. The van der Waals surface area contributed by atoms with Gasteiger partial charge in [0.25, 0.3) is 0 Å². The van der Waals surface area contributed by atoms with Crippen molar-refractivity contribution in [1.82, 2.24) is 10.6 Å². The fraction of sp³-hybridized carbons (Fsp3) is 0.500. The number of carbonyl (C=O) groups excluding carboxylic acids is 1. The smallest absolute Gasteiger partial charge is 0.310 e. The van der Waals surface area contributed by atoms with E-state index < -0.39 is 4.92 Å². The van der Waals surface area contributed by atoms with Crippen LogP contribution in [0.1, 0.15) is 24.8 Å². The van der Waals surface area contributed by atoms with Crippen molar-refractivity contribution < 1.29 is 14.5 Å². The van der Waals surface area contributed by atoms with Crippen molar-refractivity contribution in [3.8, 4) is 5.75 Å². The van der Waals surface area contributed by atoms with Gasteiger partial charge in [-0.05, 0) is 31.5 Å². The molecule has 0 aromatic heterocycles. The van der Waals surface area contributed by atoms with Crippen LogP contribution in [0.2, 0.25) is 0 Å². The van der Waals surface area contributed by atoms with E-state index >= 15 is 0 Å². The van der Waals surface area contributed by atoms with Gasteiger partial charge in [0.15, 0.2) is 5.75 Å². The molecule has 0 spiro atoms. The van der Waals surface area contributed by atoms with Crippen LogP contribution in [-0.2, 0) is 11.3 Å². The lowest BCUT2D eigenvalue weighted by Crippen LogP contribution is -2.26. The van der Waals surface area contributed by atoms with Crippen LogP contribution >= 0.6 is 0 Å². The Balaban J connectivity index is 1.93. The molecule has 2 rings (SSSR count). The first-order chi connectivity index (χ1) is 10.1. The van der Waals surface area contributed by atoms with E-state index in [0.717, 1.165) is 18.4 Å². The fourth-order valence-corrected chi connectivity index (χ4v) is 1.92. The largest absolute Gasteiger partial charge is 0.486 e. The highest BCUT2D eigenvalue weighted by molar-refractivity contribution is 5.76. The molecule has 0 aliphatic heterocycles. The summed E-state index contributed by atoms with van der Waals surface area (Å²) < 4.78 is 5.43. The maximum Gasteiger partial charge on any atom is 0.310 e. The minimum absolute atomic E-state index is 0.0773. The standard InChI is InChI=1S/C14H19N3O4/c1-15-9-10-2-5-12(17(19)20)13(8-10)21-7-6-14(18)16-11-3-4-11/h2,5,8,11,15H,3-4,6-7,9H2,1H3,(H,16,18). The minimum Gasteiger partial charge on any atom is -0.486 e. The molecule has 0 atom stereocenters. The molecular formula is C14H19N3O4. The van der Waals surface area contributed by atoms with Gasteiger partial charge in [-0.2, -0.15) is 0 Å². The Morgan fingerprint density at radius 2 is 2.24 bits per heavy atom. The lowest BCUT2D eigenvalue weighted by molar-refractivity contribution is -0.385. The second-order valence-electron chi connectivity index (χ2n) is 5.03. The van der Waals surface area contributed by atoms with Crippen molar-refractivity contribution in [3.05, 3.63) is 33.9 Å². The summed E-state index contributed by atoms with van der Waals surface area (Å²) in [6.45, 7) is 0.721. The highest BCUT2D eigenvalue weighted by atomic mass is 16.6. The number of hydrogen-bond donors (Lipinski definition) is 2. The number of rotatable bonds is 8. The average Bonchev–Trinajstić information content (AvgIpc) is 3.23. The normalized spacial score (nSPS) is 13.8. The Kier molecular flexibility index (Phi) is 5.10. The highest BCUT2D eigenvalue weighted by Crippen LogP contribution is 2.28. The summed E-state index contributed by atoms with van der Waals surface area (Å²) in [5.74, 6) is 0.124. The van der Waals surface area contributed by atoms with E-state index in [-0.39, 0.29) is 30.4 Å². The zero-order valence-corrected chi connectivity index (χ0v) is 11.9. The lowest BCUT2D eigenvalue weighted by atomic mass is 10.2. The molecule has 1 aromatic rings. The molecule has 7 nitrogen and oxygen atoms in total. The van der Waals surface area contributed by atoms with Crippen LogP contribution in [0, 0.1) is 10.1 Å². The minimum atomic E-state index is -0.483. The maximum absolute atomic E-state index is 11.5. The van der Waals surface area contributed by atoms with Gasteiger partial charge in [-0.1, -0.05) is 6.07 Å². The van der Waals surface area contributed by atoms with E-state index in [1.54, 1.807) is 19.2 Å². The third-order valence-electron chi connectivity index (χ3n) is 3.13. The number of nitro benzene ring substituents is 1. The Hall–Kier alpha value is -2.15. The summed E-state index contributed by atoms with van der Waals surface area (Å²) >= 11 is 0. The number of carbonyl (C=O) groups is 1. The van der Waals surface area contributed by atoms with Crippen molar-refractivity contribution in [2.24, 2.45) is 0 Å². The van der Waals surface area contributed by atoms with Gasteiger partial charge in [-0.25, -0.2) is 0 Å². The van der Waals surface area contributed by atoms with Gasteiger partial charge in [-0.3, -0.25) is 14.9 Å². The van der Waals surface area contributed by atoms with Crippen LogP contribution in [0.4, 0.5) is 5.69 Å². The Bertz CT molecular complexity index is 529. The first-order valence-corrected chi connectivity index (χ1v) is 6.94. The van der Waals surface area contributed by atoms with Crippen LogP contribution in [0.3, 0.4) is 0 Å². The van der Waals surface area contributed by atoms with E-state index in [0.29, 0.717) is 12.6 Å². The number of ether oxygens (including phenoxy) is 1. The zero-order valence-electron chi connectivity index (χ0n) is 11.9. The second kappa shape index (κ2) is 7.03. The predicted octanol–water partition coefficient (Wildman–Crippen LogP) is 1.36. The second-order valence-corrected chi connectivity index (χ2v) is 5.03. The van der Waals surface area contributed by atoms with Gasteiger partial charge in [0.2, 0.25) is 5.91 Å². The van der Waals surface area contributed by atoms with Crippen LogP contribution in [0.5, 0.6) is 5.75 Å². The van der Waals surface area contributed by atoms with Crippen molar-refractivity contribution in [2.75, 3.05) is 13.7 Å². The summed E-state index contributed by atoms with van der Waals surface area (Å²) in [4.78, 5) is 22.0. The zero-order chi connectivity index (χ0) is 15.2. The molecule has 0 bridgehead atoms. The van der Waals surface area contributed by atoms with Crippen molar-refractivity contribution in [3.63, 3.8) is 0 Å². The molecule has 2 N–H and O–H groups in total. The molecule has 1 fully saturated rings.